The van der Waals surface area contributed by atoms with Crippen molar-refractivity contribution in [2.45, 2.75) is 25.8 Å². The van der Waals surface area contributed by atoms with E-state index < -0.39 is 0 Å². The normalized spacial score (nSPS) is 18.5. The number of piperazine rings is 1. The van der Waals surface area contributed by atoms with Crippen LogP contribution in [0.5, 0.6) is 11.5 Å². The number of fused-ring (bicyclic) bond motifs is 5. The van der Waals surface area contributed by atoms with Gasteiger partial charge in [-0.2, -0.15) is 0 Å². The first-order valence-corrected chi connectivity index (χ1v) is 15.8. The topological polar surface area (TPSA) is 113 Å². The quantitative estimate of drug-likeness (QED) is 0.303. The molecule has 0 saturated carbocycles. The van der Waals surface area contributed by atoms with Gasteiger partial charge in [0, 0.05) is 49.2 Å². The maximum absolute atomic E-state index is 13.6. The van der Waals surface area contributed by atoms with Crippen LogP contribution in [0.25, 0.3) is 20.4 Å². The zero-order valence-electron chi connectivity index (χ0n) is 22.7. The summed E-state index contributed by atoms with van der Waals surface area (Å²) in [6.45, 7) is 4.33. The van der Waals surface area contributed by atoms with Crippen LogP contribution in [0.2, 0.25) is 0 Å². The molecule has 12 heteroatoms. The molecule has 2 N–H and O–H groups in total. The van der Waals surface area contributed by atoms with E-state index in [-0.39, 0.29) is 23.5 Å². The molecule has 3 aromatic heterocycles. The van der Waals surface area contributed by atoms with Gasteiger partial charge in [0.15, 0.2) is 11.5 Å². The molecule has 2 aliphatic heterocycles. The van der Waals surface area contributed by atoms with E-state index in [2.05, 4.69) is 42.2 Å². The van der Waals surface area contributed by atoms with Gasteiger partial charge in [0.05, 0.1) is 15.6 Å². The van der Waals surface area contributed by atoms with Crippen LogP contribution in [0, 0.1) is 5.92 Å². The summed E-state index contributed by atoms with van der Waals surface area (Å²) in [5.41, 5.74) is 4.16. The number of amides is 1. The number of ether oxygens (including phenoxy) is 2. The fraction of sp³-hybridized carbons (Fsp3) is 0.333. The fourth-order valence-electron chi connectivity index (χ4n) is 6.26. The van der Waals surface area contributed by atoms with Gasteiger partial charge in [0.1, 0.15) is 17.0 Å². The summed E-state index contributed by atoms with van der Waals surface area (Å²) < 4.78 is 11.8. The Kier molecular flexibility index (Phi) is 6.34. The molecule has 1 saturated heterocycles. The number of nitrogens with zero attached hydrogens (tertiary/aromatic N) is 4. The van der Waals surface area contributed by atoms with E-state index in [0.29, 0.717) is 0 Å². The number of aryl methyl sites for hydroxylation is 1. The largest absolute Gasteiger partial charge is 0.454 e. The van der Waals surface area contributed by atoms with Crippen molar-refractivity contribution < 1.29 is 14.3 Å². The number of H-pyrrole nitrogens is 1. The first-order chi connectivity index (χ1) is 20.6. The molecule has 8 rings (SSSR count). The lowest BCUT2D eigenvalue weighted by molar-refractivity contribution is -0.137. The molecule has 0 unspecified atom stereocenters. The molecule has 1 aliphatic carbocycles. The molecule has 10 nitrogen and oxygen atoms in total. The minimum absolute atomic E-state index is 0.00545. The van der Waals surface area contributed by atoms with Crippen LogP contribution in [0.4, 0.5) is 11.5 Å². The van der Waals surface area contributed by atoms with Crippen molar-refractivity contribution in [3.05, 3.63) is 68.4 Å². The lowest BCUT2D eigenvalue weighted by Crippen LogP contribution is -2.50. The van der Waals surface area contributed by atoms with Gasteiger partial charge in [0.25, 0.3) is 0 Å². The van der Waals surface area contributed by atoms with Crippen molar-refractivity contribution in [2.75, 3.05) is 38.3 Å². The molecule has 1 atom stereocenters. The average Bonchev–Trinajstić information content (AvgIpc) is 3.72. The summed E-state index contributed by atoms with van der Waals surface area (Å²) in [5.74, 6) is 2.64. The van der Waals surface area contributed by atoms with Gasteiger partial charge < -0.3 is 24.7 Å². The number of hydrogen-bond donors (Lipinski definition) is 2. The zero-order chi connectivity index (χ0) is 28.2. The third-order valence-corrected chi connectivity index (χ3v) is 10.4. The number of rotatable bonds is 5. The molecule has 0 bridgehead atoms. The Bertz CT molecular complexity index is 1890. The number of thiazole rings is 1. The highest BCUT2D eigenvalue weighted by molar-refractivity contribution is 7.19. The summed E-state index contributed by atoms with van der Waals surface area (Å²) in [6, 6.07) is 11.9. The van der Waals surface area contributed by atoms with E-state index in [1.54, 1.807) is 17.7 Å². The van der Waals surface area contributed by atoms with Gasteiger partial charge in [-0.1, -0.05) is 17.4 Å². The first-order valence-electron chi connectivity index (χ1n) is 14.1. The Balaban J connectivity index is 0.938. The maximum atomic E-state index is 13.6. The number of aromatic amines is 1. The Morgan fingerprint density at radius 1 is 1.05 bits per heavy atom. The van der Waals surface area contributed by atoms with E-state index >= 15 is 0 Å². The Morgan fingerprint density at radius 2 is 1.93 bits per heavy atom. The molecule has 5 aromatic rings. The van der Waals surface area contributed by atoms with Crippen molar-refractivity contribution in [1.82, 2.24) is 24.8 Å². The smallest absolute Gasteiger partial charge is 0.305 e. The van der Waals surface area contributed by atoms with Crippen LogP contribution in [0.1, 0.15) is 22.4 Å². The Labute approximate surface area is 248 Å². The molecular formula is C30H28N6O4S2. The molecule has 5 heterocycles. The SMILES string of the molecule is O=C([C@@H]1CCc2c(sc3ncnc(Nc4ccc5[nH]c(=O)sc5c4)c23)C1)N1CCN(Cc2ccc3c(c2)OCO3)CC1. The van der Waals surface area contributed by atoms with Crippen LogP contribution >= 0.6 is 22.7 Å². The van der Waals surface area contributed by atoms with Crippen molar-refractivity contribution in [3.8, 4) is 11.5 Å². The second kappa shape index (κ2) is 10.4. The summed E-state index contributed by atoms with van der Waals surface area (Å²) in [4.78, 5) is 43.9. The second-order valence-corrected chi connectivity index (χ2v) is 13.1. The molecule has 0 spiro atoms. The van der Waals surface area contributed by atoms with E-state index in [1.807, 2.05) is 24.3 Å². The number of carbonyl (C=O) groups is 1. The van der Waals surface area contributed by atoms with Gasteiger partial charge >= 0.3 is 4.87 Å². The van der Waals surface area contributed by atoms with Gasteiger partial charge in [-0.3, -0.25) is 14.5 Å². The van der Waals surface area contributed by atoms with Crippen LogP contribution in [0.15, 0.2) is 47.5 Å². The molecule has 0 radical (unpaired) electrons. The Hall–Kier alpha value is -4.00. The van der Waals surface area contributed by atoms with E-state index in [4.69, 9.17) is 9.47 Å². The fourth-order valence-corrected chi connectivity index (χ4v) is 8.30. The molecule has 2 aromatic carbocycles. The lowest BCUT2D eigenvalue weighted by Gasteiger charge is -2.37. The van der Waals surface area contributed by atoms with Crippen molar-refractivity contribution >= 4 is 60.5 Å². The number of nitrogens with one attached hydrogen (secondary N) is 2. The minimum Gasteiger partial charge on any atom is -0.454 e. The highest BCUT2D eigenvalue weighted by Gasteiger charge is 2.33. The zero-order valence-corrected chi connectivity index (χ0v) is 24.4. The predicted molar refractivity (Wildman–Crippen MR) is 163 cm³/mol. The van der Waals surface area contributed by atoms with Gasteiger partial charge in [-0.25, -0.2) is 9.97 Å². The van der Waals surface area contributed by atoms with Crippen LogP contribution in [0.3, 0.4) is 0 Å². The molecule has 42 heavy (non-hydrogen) atoms. The monoisotopic (exact) mass is 600 g/mol. The lowest BCUT2D eigenvalue weighted by atomic mass is 9.86. The first kappa shape index (κ1) is 25.7. The van der Waals surface area contributed by atoms with Crippen molar-refractivity contribution in [3.63, 3.8) is 0 Å². The molecule has 1 fully saturated rings. The number of aromatic nitrogens is 3. The van der Waals surface area contributed by atoms with Gasteiger partial charge in [0.2, 0.25) is 12.7 Å². The summed E-state index contributed by atoms with van der Waals surface area (Å²) >= 11 is 2.87. The number of hydrogen-bond acceptors (Lipinski definition) is 10. The van der Waals surface area contributed by atoms with Gasteiger partial charge in [-0.15, -0.1) is 11.3 Å². The summed E-state index contributed by atoms with van der Waals surface area (Å²) in [7, 11) is 0. The van der Waals surface area contributed by atoms with E-state index in [9.17, 15) is 9.59 Å². The summed E-state index contributed by atoms with van der Waals surface area (Å²) in [5, 5.41) is 4.50. The molecular weight excluding hydrogens is 573 g/mol. The van der Waals surface area contributed by atoms with E-state index in [1.165, 1.54) is 27.3 Å². The second-order valence-electron chi connectivity index (χ2n) is 11.0. The number of thiophene rings is 1. The third kappa shape index (κ3) is 4.69. The molecule has 214 valence electrons. The predicted octanol–water partition coefficient (Wildman–Crippen LogP) is 4.52. The number of anilines is 2. The third-order valence-electron chi connectivity index (χ3n) is 8.41. The molecule has 3 aliphatic rings. The van der Waals surface area contributed by atoms with Crippen LogP contribution < -0.4 is 19.7 Å². The van der Waals surface area contributed by atoms with Crippen molar-refractivity contribution in [2.24, 2.45) is 5.92 Å². The highest BCUT2D eigenvalue weighted by atomic mass is 32.1. The minimum atomic E-state index is -0.0642. The Morgan fingerprint density at radius 3 is 2.83 bits per heavy atom. The van der Waals surface area contributed by atoms with Crippen LogP contribution in [-0.4, -0.2) is 63.6 Å². The average molecular weight is 601 g/mol. The highest BCUT2D eigenvalue weighted by Crippen LogP contribution is 2.41. The molecule has 1 amide bonds. The summed E-state index contributed by atoms with van der Waals surface area (Å²) in [6.07, 6.45) is 3.99. The number of carbonyl (C=O) groups excluding carboxylic acids is 1. The van der Waals surface area contributed by atoms with Gasteiger partial charge in [-0.05, 0) is 60.7 Å². The standard InChI is InChI=1S/C30H28N6O4S2/c37-29(36-9-7-35(8-10-36)14-17-1-6-22-23(11-17)40-16-39-22)18-2-4-20-24(12-18)41-28-26(20)27(31-15-32-28)33-19-3-5-21-25(13-19)42-30(38)34-21/h1,3,5-6,11,13,15,18H,2,4,7-10,12,14,16H2,(H,34,38)(H,31,32,33)/t18-/m1/s1. The number of benzene rings is 2. The van der Waals surface area contributed by atoms with Crippen LogP contribution in [-0.2, 0) is 24.2 Å². The van der Waals surface area contributed by atoms with Crippen molar-refractivity contribution in [1.29, 1.82) is 0 Å². The maximum Gasteiger partial charge on any atom is 0.305 e. The van der Waals surface area contributed by atoms with E-state index in [0.717, 1.165) is 95.4 Å².